The summed E-state index contributed by atoms with van der Waals surface area (Å²) in [7, 11) is 0. The van der Waals surface area contributed by atoms with Crippen LogP contribution in [-0.2, 0) is 28.7 Å². The van der Waals surface area contributed by atoms with E-state index in [9.17, 15) is 19.2 Å². The van der Waals surface area contributed by atoms with Gasteiger partial charge in [0.2, 0.25) is 11.8 Å². The number of likely N-dealkylation sites (tertiary alicyclic amines) is 1. The molecule has 3 atom stereocenters. The molecule has 0 unspecified atom stereocenters. The van der Waals surface area contributed by atoms with E-state index in [0.717, 1.165) is 32.1 Å². The van der Waals surface area contributed by atoms with Gasteiger partial charge in [0.05, 0.1) is 18.4 Å². The molecule has 2 fully saturated rings. The van der Waals surface area contributed by atoms with E-state index in [-0.39, 0.29) is 30.2 Å². The lowest BCUT2D eigenvalue weighted by atomic mass is 10.1. The lowest BCUT2D eigenvalue weighted by Crippen LogP contribution is -2.54. The number of carbonyl (C=O) groups is 4. The molecule has 1 heterocycles. The monoisotopic (exact) mass is 499 g/mol. The standard InChI is InChI=1S/C24H41N3O6S/c1-6-32-22(30)18(14-34-15-20(28)26-17-10-7-8-11-17)25-16(2)21(29)27-13-9-12-19(27)23(31)33-24(3,4)5/h16-19,25H,6-15H2,1-5H3,(H,26,28)/t16-,18-,19-/m0/s1. The molecule has 10 heteroatoms. The summed E-state index contributed by atoms with van der Waals surface area (Å²) in [5.74, 6) is -0.632. The third-order valence-electron chi connectivity index (χ3n) is 5.85. The molecular formula is C24H41N3O6S. The van der Waals surface area contributed by atoms with Crippen molar-refractivity contribution in [2.75, 3.05) is 24.7 Å². The Bertz CT molecular complexity index is 720. The minimum atomic E-state index is -0.745. The van der Waals surface area contributed by atoms with Crippen LogP contribution in [0.4, 0.5) is 0 Å². The average molecular weight is 500 g/mol. The molecule has 34 heavy (non-hydrogen) atoms. The molecule has 0 bridgehead atoms. The maximum Gasteiger partial charge on any atom is 0.329 e. The number of amides is 2. The molecule has 9 nitrogen and oxygen atoms in total. The number of hydrogen-bond donors (Lipinski definition) is 2. The first kappa shape index (κ1) is 28.4. The van der Waals surface area contributed by atoms with Crippen LogP contribution in [0.1, 0.15) is 73.1 Å². The first-order valence-electron chi connectivity index (χ1n) is 12.3. The Kier molecular flexibility index (Phi) is 11.1. The van der Waals surface area contributed by atoms with Crippen molar-refractivity contribution >= 4 is 35.5 Å². The van der Waals surface area contributed by atoms with Gasteiger partial charge >= 0.3 is 11.9 Å². The zero-order chi connectivity index (χ0) is 25.3. The van der Waals surface area contributed by atoms with Gasteiger partial charge in [0.25, 0.3) is 0 Å². The largest absolute Gasteiger partial charge is 0.465 e. The summed E-state index contributed by atoms with van der Waals surface area (Å²) in [5.41, 5.74) is -0.630. The van der Waals surface area contributed by atoms with Crippen LogP contribution in [0.5, 0.6) is 0 Å². The van der Waals surface area contributed by atoms with E-state index in [1.807, 2.05) is 0 Å². The van der Waals surface area contributed by atoms with Gasteiger partial charge in [-0.1, -0.05) is 12.8 Å². The quantitative estimate of drug-likeness (QED) is 0.415. The maximum atomic E-state index is 13.1. The predicted octanol–water partition coefficient (Wildman–Crippen LogP) is 2.02. The van der Waals surface area contributed by atoms with E-state index in [4.69, 9.17) is 9.47 Å². The van der Waals surface area contributed by atoms with Crippen LogP contribution in [0.25, 0.3) is 0 Å². The van der Waals surface area contributed by atoms with Crippen LogP contribution in [0.15, 0.2) is 0 Å². The van der Waals surface area contributed by atoms with Crippen LogP contribution in [-0.4, -0.2) is 83.1 Å². The molecule has 2 rings (SSSR count). The summed E-state index contributed by atoms with van der Waals surface area (Å²) in [5, 5.41) is 6.10. The van der Waals surface area contributed by atoms with Gasteiger partial charge in [0, 0.05) is 18.3 Å². The van der Waals surface area contributed by atoms with Gasteiger partial charge in [0.1, 0.15) is 17.7 Å². The summed E-state index contributed by atoms with van der Waals surface area (Å²) in [4.78, 5) is 52.0. The van der Waals surface area contributed by atoms with Gasteiger partial charge in [-0.05, 0) is 60.3 Å². The second kappa shape index (κ2) is 13.3. The number of ether oxygens (including phenoxy) is 2. The van der Waals surface area contributed by atoms with E-state index in [1.165, 1.54) is 16.7 Å². The first-order valence-corrected chi connectivity index (χ1v) is 13.5. The SMILES string of the molecule is CCOC(=O)[C@H](CSCC(=O)NC1CCCC1)N[C@@H](C)C(=O)N1CCC[C@H]1C(=O)OC(C)(C)C. The number of carbonyl (C=O) groups excluding carboxylic acids is 4. The number of esters is 2. The number of nitrogens with one attached hydrogen (secondary N) is 2. The average Bonchev–Trinajstić information content (AvgIpc) is 3.43. The Labute approximate surface area is 207 Å². The van der Waals surface area contributed by atoms with Crippen molar-refractivity contribution in [1.82, 2.24) is 15.5 Å². The predicted molar refractivity (Wildman–Crippen MR) is 131 cm³/mol. The number of hydrogen-bond acceptors (Lipinski definition) is 8. The normalized spacial score (nSPS) is 20.6. The Morgan fingerprint density at radius 2 is 1.76 bits per heavy atom. The molecule has 1 aliphatic carbocycles. The summed E-state index contributed by atoms with van der Waals surface area (Å²) in [6.07, 6.45) is 5.60. The number of thioether (sulfide) groups is 1. The first-order chi connectivity index (χ1) is 16.0. The highest BCUT2D eigenvalue weighted by atomic mass is 32.2. The fraction of sp³-hybridized carbons (Fsp3) is 0.833. The third kappa shape index (κ3) is 9.09. The van der Waals surface area contributed by atoms with Crippen LogP contribution in [0, 0.1) is 0 Å². The van der Waals surface area contributed by atoms with Gasteiger partial charge in [-0.25, -0.2) is 4.79 Å². The fourth-order valence-corrected chi connectivity index (χ4v) is 5.16. The Hall–Kier alpha value is -1.81. The van der Waals surface area contributed by atoms with E-state index in [0.29, 0.717) is 18.7 Å². The van der Waals surface area contributed by atoms with Crippen molar-refractivity contribution in [3.63, 3.8) is 0 Å². The Morgan fingerprint density at radius 1 is 1.09 bits per heavy atom. The molecular weight excluding hydrogens is 458 g/mol. The topological polar surface area (TPSA) is 114 Å². The van der Waals surface area contributed by atoms with Crippen LogP contribution in [0.3, 0.4) is 0 Å². The van der Waals surface area contributed by atoms with E-state index in [2.05, 4.69) is 10.6 Å². The van der Waals surface area contributed by atoms with Crippen molar-refractivity contribution in [2.24, 2.45) is 0 Å². The molecule has 2 N–H and O–H groups in total. The van der Waals surface area contributed by atoms with Gasteiger partial charge in [0.15, 0.2) is 0 Å². The van der Waals surface area contributed by atoms with E-state index >= 15 is 0 Å². The summed E-state index contributed by atoms with van der Waals surface area (Å²) >= 11 is 1.33. The molecule has 0 aromatic rings. The Balaban J connectivity index is 1.91. The van der Waals surface area contributed by atoms with Crippen molar-refractivity contribution in [2.45, 2.75) is 103 Å². The van der Waals surface area contributed by atoms with Crippen molar-refractivity contribution in [1.29, 1.82) is 0 Å². The summed E-state index contributed by atoms with van der Waals surface area (Å²) < 4.78 is 10.7. The molecule has 194 valence electrons. The summed E-state index contributed by atoms with van der Waals surface area (Å²) in [6.45, 7) is 9.48. The highest BCUT2D eigenvalue weighted by Crippen LogP contribution is 2.22. The Morgan fingerprint density at radius 3 is 2.38 bits per heavy atom. The third-order valence-corrected chi connectivity index (χ3v) is 6.88. The van der Waals surface area contributed by atoms with Crippen molar-refractivity contribution in [3.05, 3.63) is 0 Å². The van der Waals surface area contributed by atoms with Gasteiger partial charge in [-0.3, -0.25) is 19.7 Å². The van der Waals surface area contributed by atoms with Gasteiger partial charge in [-0.15, -0.1) is 11.8 Å². The lowest BCUT2D eigenvalue weighted by Gasteiger charge is -2.30. The second-order valence-corrected chi connectivity index (χ2v) is 11.0. The molecule has 1 aliphatic heterocycles. The van der Waals surface area contributed by atoms with Crippen LogP contribution < -0.4 is 10.6 Å². The lowest BCUT2D eigenvalue weighted by molar-refractivity contribution is -0.163. The van der Waals surface area contributed by atoms with Crippen LogP contribution >= 0.6 is 11.8 Å². The second-order valence-electron chi connectivity index (χ2n) is 9.98. The highest BCUT2D eigenvalue weighted by molar-refractivity contribution is 8.00. The van der Waals surface area contributed by atoms with Gasteiger partial charge < -0.3 is 19.7 Å². The van der Waals surface area contributed by atoms with Crippen molar-refractivity contribution < 1.29 is 28.7 Å². The maximum absolute atomic E-state index is 13.1. The van der Waals surface area contributed by atoms with Crippen molar-refractivity contribution in [3.8, 4) is 0 Å². The molecule has 1 saturated heterocycles. The fourth-order valence-electron chi connectivity index (χ4n) is 4.30. The molecule has 0 aromatic heterocycles. The van der Waals surface area contributed by atoms with Gasteiger partial charge in [-0.2, -0.15) is 0 Å². The highest BCUT2D eigenvalue weighted by Gasteiger charge is 2.39. The zero-order valence-electron chi connectivity index (χ0n) is 21.2. The van der Waals surface area contributed by atoms with E-state index < -0.39 is 35.7 Å². The summed E-state index contributed by atoms with van der Waals surface area (Å²) in [6, 6.07) is -1.81. The molecule has 0 radical (unpaired) electrons. The molecule has 2 aliphatic rings. The number of nitrogens with zero attached hydrogens (tertiary/aromatic N) is 1. The van der Waals surface area contributed by atoms with Crippen LogP contribution in [0.2, 0.25) is 0 Å². The molecule has 0 aromatic carbocycles. The minimum Gasteiger partial charge on any atom is -0.465 e. The molecule has 2 amide bonds. The minimum absolute atomic E-state index is 0.0408. The number of rotatable bonds is 11. The zero-order valence-corrected chi connectivity index (χ0v) is 22.0. The smallest absolute Gasteiger partial charge is 0.329 e. The van der Waals surface area contributed by atoms with E-state index in [1.54, 1.807) is 34.6 Å². The molecule has 1 saturated carbocycles. The molecule has 0 spiro atoms.